The summed E-state index contributed by atoms with van der Waals surface area (Å²) in [6.45, 7) is 3.06. The van der Waals surface area contributed by atoms with E-state index in [9.17, 15) is 13.2 Å². The van der Waals surface area contributed by atoms with E-state index in [0.29, 0.717) is 53.3 Å². The number of nitrogens with one attached hydrogen (secondary N) is 2. The largest absolute Gasteiger partial charge is 0.493 e. The molecule has 1 aromatic heterocycles. The molecule has 0 saturated carbocycles. The van der Waals surface area contributed by atoms with Crippen LogP contribution in [0.1, 0.15) is 39.9 Å². The normalized spacial score (nSPS) is 14.3. The van der Waals surface area contributed by atoms with E-state index in [1.165, 1.54) is 51.7 Å². The van der Waals surface area contributed by atoms with Crippen LogP contribution in [0, 0.1) is 0 Å². The summed E-state index contributed by atoms with van der Waals surface area (Å²) in [6, 6.07) is 26.5. The molecule has 1 aliphatic rings. The number of likely N-dealkylation sites (N-methyl/N-ethyl adjacent to an activating group) is 2. The predicted molar refractivity (Wildman–Crippen MR) is 218 cm³/mol. The first kappa shape index (κ1) is 41.1. The Balaban J connectivity index is 0.000000211. The number of aromatic amines is 1. The van der Waals surface area contributed by atoms with Crippen molar-refractivity contribution in [2.75, 3.05) is 67.9 Å². The highest BCUT2D eigenvalue weighted by atomic mass is 32.2. The summed E-state index contributed by atoms with van der Waals surface area (Å²) in [5.74, 6) is 2.03. The van der Waals surface area contributed by atoms with E-state index in [1.54, 1.807) is 36.4 Å². The Kier molecular flexibility index (Phi) is 14.6. The van der Waals surface area contributed by atoms with Gasteiger partial charge in [0.2, 0.25) is 5.75 Å². The summed E-state index contributed by atoms with van der Waals surface area (Å²) in [6.07, 6.45) is 6.20. The number of aryl methyl sites for hydroxylation is 1. The van der Waals surface area contributed by atoms with Crippen LogP contribution in [0.25, 0.3) is 10.9 Å². The number of carbonyl (C=O) groups is 1. The zero-order valence-electron chi connectivity index (χ0n) is 32.8. The topological polar surface area (TPSA) is 122 Å². The van der Waals surface area contributed by atoms with Gasteiger partial charge in [0.1, 0.15) is 12.4 Å². The highest BCUT2D eigenvalue weighted by Gasteiger charge is 2.22. The number of aromatic nitrogens is 1. The zero-order chi connectivity index (χ0) is 39.4. The average molecular weight is 771 g/mol. The smallest absolute Gasteiger partial charge is 0.251 e. The number of likely N-dealkylation sites (tertiary alicyclic amines) is 1. The van der Waals surface area contributed by atoms with Crippen LogP contribution >= 0.6 is 0 Å². The van der Waals surface area contributed by atoms with Crippen molar-refractivity contribution in [3.05, 3.63) is 113 Å². The summed E-state index contributed by atoms with van der Waals surface area (Å²) in [7, 11) is 7.51. The van der Waals surface area contributed by atoms with Crippen molar-refractivity contribution in [3.63, 3.8) is 0 Å². The summed E-state index contributed by atoms with van der Waals surface area (Å²) in [5, 5.41) is 4.12. The van der Waals surface area contributed by atoms with Crippen molar-refractivity contribution in [2.24, 2.45) is 0 Å². The average Bonchev–Trinajstić information content (AvgIpc) is 3.81. The molecule has 0 bridgehead atoms. The second-order valence-electron chi connectivity index (χ2n) is 13.9. The first-order valence-electron chi connectivity index (χ1n) is 18.5. The fourth-order valence-corrected chi connectivity index (χ4v) is 7.90. The lowest BCUT2D eigenvalue weighted by molar-refractivity contribution is 0.0950. The molecule has 1 atom stereocenters. The molecule has 4 aromatic carbocycles. The van der Waals surface area contributed by atoms with Gasteiger partial charge in [-0.05, 0) is 119 Å². The van der Waals surface area contributed by atoms with E-state index in [1.807, 2.05) is 50.5 Å². The Labute approximate surface area is 325 Å². The number of carbonyl (C=O) groups excluding carboxylic acids is 1. The molecular formula is C43H54N4O7S. The maximum atomic E-state index is 12.5. The van der Waals surface area contributed by atoms with Gasteiger partial charge in [0, 0.05) is 41.8 Å². The number of hydrogen-bond donors (Lipinski definition) is 2. The molecule has 0 unspecified atom stereocenters. The van der Waals surface area contributed by atoms with E-state index >= 15 is 0 Å². The number of nitrogens with zero attached hydrogens (tertiary/aromatic N) is 2. The maximum Gasteiger partial charge on any atom is 0.251 e. The number of amides is 1. The number of benzene rings is 4. The highest BCUT2D eigenvalue weighted by molar-refractivity contribution is 7.91. The predicted octanol–water partition coefficient (Wildman–Crippen LogP) is 6.40. The van der Waals surface area contributed by atoms with Gasteiger partial charge in [0.25, 0.3) is 5.91 Å². The Hall–Kier alpha value is -5.04. The van der Waals surface area contributed by atoms with Gasteiger partial charge in [-0.3, -0.25) is 4.79 Å². The number of H-pyrrole nitrogens is 1. The molecule has 0 spiro atoms. The fourth-order valence-electron chi connectivity index (χ4n) is 6.59. The molecular weight excluding hydrogens is 717 g/mol. The zero-order valence-corrected chi connectivity index (χ0v) is 33.6. The van der Waals surface area contributed by atoms with Crippen LogP contribution in [0.2, 0.25) is 0 Å². The molecule has 0 aliphatic carbocycles. The number of hydrogen-bond acceptors (Lipinski definition) is 9. The van der Waals surface area contributed by atoms with Gasteiger partial charge >= 0.3 is 0 Å². The molecule has 1 aliphatic heterocycles. The van der Waals surface area contributed by atoms with Crippen LogP contribution in [0.4, 0.5) is 0 Å². The summed E-state index contributed by atoms with van der Waals surface area (Å²) >= 11 is 0. The second-order valence-corrected chi connectivity index (χ2v) is 16.1. The minimum Gasteiger partial charge on any atom is -0.493 e. The summed E-state index contributed by atoms with van der Waals surface area (Å²) < 4.78 is 46.6. The maximum absolute atomic E-state index is 12.5. The van der Waals surface area contributed by atoms with Crippen molar-refractivity contribution in [1.82, 2.24) is 20.1 Å². The van der Waals surface area contributed by atoms with Crippen LogP contribution in [0.3, 0.4) is 0 Å². The molecule has 294 valence electrons. The van der Waals surface area contributed by atoms with Crippen LogP contribution in [0.15, 0.2) is 96.0 Å². The van der Waals surface area contributed by atoms with E-state index in [4.69, 9.17) is 18.9 Å². The van der Waals surface area contributed by atoms with Gasteiger partial charge in [-0.1, -0.05) is 36.4 Å². The van der Waals surface area contributed by atoms with Crippen molar-refractivity contribution in [1.29, 1.82) is 0 Å². The third-order valence-electron chi connectivity index (χ3n) is 9.83. The number of rotatable bonds is 16. The molecule has 12 heteroatoms. The van der Waals surface area contributed by atoms with E-state index in [-0.39, 0.29) is 11.7 Å². The lowest BCUT2D eigenvalue weighted by Gasteiger charge is -2.18. The van der Waals surface area contributed by atoms with Gasteiger partial charge in [-0.25, -0.2) is 8.42 Å². The molecule has 1 amide bonds. The third-order valence-corrected chi connectivity index (χ3v) is 11.6. The third kappa shape index (κ3) is 11.3. The Bertz CT molecular complexity index is 2080. The molecule has 6 rings (SSSR count). The minimum atomic E-state index is -3.25. The molecule has 5 aromatic rings. The first-order chi connectivity index (χ1) is 26.5. The van der Waals surface area contributed by atoms with Crippen LogP contribution in [-0.4, -0.2) is 103 Å². The lowest BCUT2D eigenvalue weighted by Crippen LogP contribution is -2.26. The highest BCUT2D eigenvalue weighted by Crippen LogP contribution is 2.38. The van der Waals surface area contributed by atoms with Crippen molar-refractivity contribution >= 4 is 26.6 Å². The molecule has 0 radical (unpaired) electrons. The molecule has 2 N–H and O–H groups in total. The Morgan fingerprint density at radius 2 is 1.60 bits per heavy atom. The summed E-state index contributed by atoms with van der Waals surface area (Å²) in [4.78, 5) is 20.8. The molecule has 55 heavy (non-hydrogen) atoms. The number of sulfone groups is 1. The van der Waals surface area contributed by atoms with Crippen molar-refractivity contribution in [2.45, 2.75) is 43.2 Å². The molecule has 1 fully saturated rings. The van der Waals surface area contributed by atoms with E-state index < -0.39 is 9.84 Å². The SMILES string of the molecule is CN1CCC[C@@H]1Cc1c[nH]c2ccc(CCS(=O)(=O)c3ccccc3)cc12.COc1cc(C(=O)NCc2ccc(OCCN(C)C)cc2)cc(OC)c1OC. The Morgan fingerprint density at radius 3 is 2.22 bits per heavy atom. The van der Waals surface area contributed by atoms with Crippen LogP contribution < -0.4 is 24.3 Å². The van der Waals surface area contributed by atoms with Crippen molar-refractivity contribution in [3.8, 4) is 23.0 Å². The van der Waals surface area contributed by atoms with Gasteiger partial charge in [0.05, 0.1) is 32.0 Å². The quantitative estimate of drug-likeness (QED) is 0.117. The lowest BCUT2D eigenvalue weighted by atomic mass is 10.0. The van der Waals surface area contributed by atoms with Gasteiger partial charge < -0.3 is 39.0 Å². The second kappa shape index (κ2) is 19.5. The number of fused-ring (bicyclic) bond motifs is 1. The van der Waals surface area contributed by atoms with E-state index in [2.05, 4.69) is 45.5 Å². The standard InChI is InChI=1S/C22H26N2O2S.C21H28N2O5/c1-24-12-5-6-19(24)15-18-16-23-22-10-9-17(14-21(18)22)11-13-27(25,26)20-7-3-2-4-8-20;1-23(2)10-11-28-17-8-6-15(7-9-17)14-22-21(24)16-12-18(25-3)20(27-5)19(13-16)26-4/h2-4,7-10,14,16,19,23H,5-6,11-13,15H2,1H3;6-9,12-13H,10-11,14H2,1-5H3,(H,22,24)/t19-;/m1./s1. The number of ether oxygens (including phenoxy) is 4. The molecule has 1 saturated heterocycles. The van der Waals surface area contributed by atoms with Gasteiger partial charge in [0.15, 0.2) is 21.3 Å². The summed E-state index contributed by atoms with van der Waals surface area (Å²) in [5.41, 5.74) is 4.93. The Morgan fingerprint density at radius 1 is 0.909 bits per heavy atom. The number of methoxy groups -OCH3 is 3. The van der Waals surface area contributed by atoms with E-state index in [0.717, 1.165) is 35.4 Å². The fraction of sp³-hybridized carbons (Fsp3) is 0.372. The molecule has 2 heterocycles. The molecule has 11 nitrogen and oxygen atoms in total. The van der Waals surface area contributed by atoms with Gasteiger partial charge in [-0.15, -0.1) is 0 Å². The monoisotopic (exact) mass is 770 g/mol. The van der Waals surface area contributed by atoms with Gasteiger partial charge in [-0.2, -0.15) is 0 Å². The minimum absolute atomic E-state index is 0.133. The first-order valence-corrected chi connectivity index (χ1v) is 20.2. The van der Waals surface area contributed by atoms with Crippen LogP contribution in [0.5, 0.6) is 23.0 Å². The van der Waals surface area contributed by atoms with Crippen LogP contribution in [-0.2, 0) is 29.2 Å². The van der Waals surface area contributed by atoms with Crippen molar-refractivity contribution < 1.29 is 32.2 Å².